The summed E-state index contributed by atoms with van der Waals surface area (Å²) in [5.74, 6) is 1.12. The molecule has 1 aromatic heterocycles. The zero-order valence-corrected chi connectivity index (χ0v) is 16.4. The van der Waals surface area contributed by atoms with Crippen LogP contribution in [0.25, 0.3) is 0 Å². The maximum atomic E-state index is 14.1. The Morgan fingerprint density at radius 3 is 2.68 bits per heavy atom. The first kappa shape index (κ1) is 20.4. The molecule has 2 aromatic carbocycles. The molecular weight excluding hydrogens is 381 g/mol. The number of nitrogens with zero attached hydrogens (tertiary/aromatic N) is 1. The van der Waals surface area contributed by atoms with Crippen LogP contribution in [0.5, 0.6) is 5.75 Å². The quantitative estimate of drug-likeness (QED) is 0.556. The smallest absolute Gasteiger partial charge is 0.127 e. The number of hydrogen-bond donors (Lipinski definition) is 1. The molecule has 3 rings (SSSR count). The average molecular weight is 404 g/mol. The number of halogens is 2. The van der Waals surface area contributed by atoms with Gasteiger partial charge in [-0.3, -0.25) is 4.90 Å². The van der Waals surface area contributed by atoms with E-state index in [9.17, 15) is 9.50 Å². The SMILES string of the molecule is Cc1cc(OCC(O)CN(Cc2ccco2)Cc2ccccc2F)ccc1Cl. The number of aryl methyl sites for hydroxylation is 1. The highest BCUT2D eigenvalue weighted by Crippen LogP contribution is 2.21. The summed E-state index contributed by atoms with van der Waals surface area (Å²) in [6.45, 7) is 3.13. The highest BCUT2D eigenvalue weighted by molar-refractivity contribution is 6.31. The topological polar surface area (TPSA) is 45.8 Å². The van der Waals surface area contributed by atoms with E-state index in [1.165, 1.54) is 6.07 Å². The van der Waals surface area contributed by atoms with Crippen molar-refractivity contribution in [2.24, 2.45) is 0 Å². The van der Waals surface area contributed by atoms with E-state index in [-0.39, 0.29) is 12.4 Å². The van der Waals surface area contributed by atoms with E-state index in [4.69, 9.17) is 20.8 Å². The van der Waals surface area contributed by atoms with E-state index < -0.39 is 6.10 Å². The van der Waals surface area contributed by atoms with Gasteiger partial charge in [-0.2, -0.15) is 0 Å². The van der Waals surface area contributed by atoms with Gasteiger partial charge in [0, 0.05) is 23.7 Å². The fourth-order valence-corrected chi connectivity index (χ4v) is 3.04. The zero-order valence-electron chi connectivity index (χ0n) is 15.6. The Balaban J connectivity index is 1.62. The van der Waals surface area contributed by atoms with Crippen molar-refractivity contribution >= 4 is 11.6 Å². The Hall–Kier alpha value is -2.34. The summed E-state index contributed by atoms with van der Waals surface area (Å²) in [6, 6.07) is 15.6. The van der Waals surface area contributed by atoms with Gasteiger partial charge in [0.2, 0.25) is 0 Å². The van der Waals surface area contributed by atoms with Crippen molar-refractivity contribution in [2.75, 3.05) is 13.2 Å². The number of ether oxygens (including phenoxy) is 1. The van der Waals surface area contributed by atoms with Gasteiger partial charge in [0.25, 0.3) is 0 Å². The van der Waals surface area contributed by atoms with Crippen molar-refractivity contribution in [3.63, 3.8) is 0 Å². The van der Waals surface area contributed by atoms with Crippen molar-refractivity contribution in [1.29, 1.82) is 0 Å². The molecule has 28 heavy (non-hydrogen) atoms. The van der Waals surface area contributed by atoms with Gasteiger partial charge in [0.05, 0.1) is 12.8 Å². The molecule has 0 saturated carbocycles. The lowest BCUT2D eigenvalue weighted by atomic mass is 10.2. The van der Waals surface area contributed by atoms with Gasteiger partial charge < -0.3 is 14.3 Å². The first-order chi connectivity index (χ1) is 13.5. The summed E-state index contributed by atoms with van der Waals surface area (Å²) in [6.07, 6.45) is 0.844. The molecule has 0 aliphatic rings. The molecule has 0 fully saturated rings. The molecule has 0 amide bonds. The minimum Gasteiger partial charge on any atom is -0.491 e. The van der Waals surface area contributed by atoms with Crippen LogP contribution >= 0.6 is 11.6 Å². The molecule has 0 aliphatic heterocycles. The maximum Gasteiger partial charge on any atom is 0.127 e. The third-order valence-corrected chi connectivity index (χ3v) is 4.78. The van der Waals surface area contributed by atoms with Gasteiger partial charge in [-0.15, -0.1) is 0 Å². The number of aliphatic hydroxyl groups is 1. The molecule has 0 saturated heterocycles. The van der Waals surface area contributed by atoms with Crippen LogP contribution in [-0.2, 0) is 13.1 Å². The lowest BCUT2D eigenvalue weighted by Crippen LogP contribution is -2.35. The summed E-state index contributed by atoms with van der Waals surface area (Å²) in [5, 5.41) is 11.1. The third kappa shape index (κ3) is 5.83. The average Bonchev–Trinajstić information content (AvgIpc) is 3.17. The minimum absolute atomic E-state index is 0.118. The first-order valence-corrected chi connectivity index (χ1v) is 9.44. The van der Waals surface area contributed by atoms with E-state index in [1.54, 1.807) is 42.7 Å². The van der Waals surface area contributed by atoms with Crippen molar-refractivity contribution < 1.29 is 18.7 Å². The molecule has 6 heteroatoms. The second kappa shape index (κ2) is 9.73. The molecule has 148 valence electrons. The van der Waals surface area contributed by atoms with Crippen LogP contribution in [0, 0.1) is 12.7 Å². The van der Waals surface area contributed by atoms with Crippen molar-refractivity contribution in [2.45, 2.75) is 26.1 Å². The highest BCUT2D eigenvalue weighted by atomic mass is 35.5. The van der Waals surface area contributed by atoms with E-state index >= 15 is 0 Å². The molecule has 4 nitrogen and oxygen atoms in total. The molecule has 0 spiro atoms. The van der Waals surface area contributed by atoms with Gasteiger partial charge in [-0.05, 0) is 48.9 Å². The van der Waals surface area contributed by atoms with Gasteiger partial charge in [-0.25, -0.2) is 4.39 Å². The minimum atomic E-state index is -0.752. The fraction of sp³-hybridized carbons (Fsp3) is 0.273. The summed E-state index contributed by atoms with van der Waals surface area (Å²) in [5.41, 5.74) is 1.48. The zero-order chi connectivity index (χ0) is 19.9. The van der Waals surface area contributed by atoms with E-state index in [0.29, 0.717) is 36.0 Å². The largest absolute Gasteiger partial charge is 0.491 e. The summed E-state index contributed by atoms with van der Waals surface area (Å²) >= 11 is 6.02. The van der Waals surface area contributed by atoms with Gasteiger partial charge in [-0.1, -0.05) is 29.8 Å². The molecule has 1 unspecified atom stereocenters. The Bertz CT molecular complexity index is 885. The standard InChI is InChI=1S/C22H23ClFNO3/c1-16-11-19(8-9-21(16)23)28-15-18(26)13-25(14-20-6-4-10-27-20)12-17-5-2-3-7-22(17)24/h2-11,18,26H,12-15H2,1H3. The van der Waals surface area contributed by atoms with Crippen LogP contribution in [0.15, 0.2) is 65.3 Å². The summed E-state index contributed by atoms with van der Waals surface area (Å²) in [4.78, 5) is 1.93. The van der Waals surface area contributed by atoms with E-state index in [2.05, 4.69) is 0 Å². The number of aliphatic hydroxyl groups excluding tert-OH is 1. The lowest BCUT2D eigenvalue weighted by molar-refractivity contribution is 0.0600. The predicted octanol–water partition coefficient (Wildman–Crippen LogP) is 4.82. The lowest BCUT2D eigenvalue weighted by Gasteiger charge is -2.24. The predicted molar refractivity (Wildman–Crippen MR) is 107 cm³/mol. The highest BCUT2D eigenvalue weighted by Gasteiger charge is 2.16. The summed E-state index contributed by atoms with van der Waals surface area (Å²) < 4.78 is 25.1. The molecule has 0 bridgehead atoms. The van der Waals surface area contributed by atoms with Gasteiger partial charge in [0.15, 0.2) is 0 Å². The number of benzene rings is 2. The Morgan fingerprint density at radius 2 is 1.96 bits per heavy atom. The van der Waals surface area contributed by atoms with Crippen LogP contribution in [0.3, 0.4) is 0 Å². The molecule has 0 radical (unpaired) electrons. The Kier molecular flexibility index (Phi) is 7.09. The maximum absolute atomic E-state index is 14.1. The van der Waals surface area contributed by atoms with E-state index in [1.807, 2.05) is 24.0 Å². The molecular formula is C22H23ClFNO3. The number of rotatable bonds is 9. The second-order valence-corrected chi connectivity index (χ2v) is 7.12. The van der Waals surface area contributed by atoms with Gasteiger partial charge in [0.1, 0.15) is 30.0 Å². The normalized spacial score (nSPS) is 12.3. The first-order valence-electron chi connectivity index (χ1n) is 9.06. The molecule has 1 atom stereocenters. The monoisotopic (exact) mass is 403 g/mol. The molecule has 1 heterocycles. The Labute approximate surface area is 169 Å². The second-order valence-electron chi connectivity index (χ2n) is 6.72. The van der Waals surface area contributed by atoms with Crippen molar-refractivity contribution in [3.8, 4) is 5.75 Å². The Morgan fingerprint density at radius 1 is 1.14 bits per heavy atom. The molecule has 3 aromatic rings. The number of furan rings is 1. The van der Waals surface area contributed by atoms with Crippen LogP contribution < -0.4 is 4.74 Å². The van der Waals surface area contributed by atoms with Crippen molar-refractivity contribution in [3.05, 3.63) is 88.6 Å². The third-order valence-electron chi connectivity index (χ3n) is 4.35. The van der Waals surface area contributed by atoms with Crippen LogP contribution in [0.2, 0.25) is 5.02 Å². The van der Waals surface area contributed by atoms with Crippen LogP contribution in [-0.4, -0.2) is 29.3 Å². The van der Waals surface area contributed by atoms with Crippen molar-refractivity contribution in [1.82, 2.24) is 4.90 Å². The van der Waals surface area contributed by atoms with Gasteiger partial charge >= 0.3 is 0 Å². The molecule has 1 N–H and O–H groups in total. The van der Waals surface area contributed by atoms with Crippen LogP contribution in [0.1, 0.15) is 16.9 Å². The number of hydrogen-bond acceptors (Lipinski definition) is 4. The van der Waals surface area contributed by atoms with E-state index in [0.717, 1.165) is 11.3 Å². The molecule has 0 aliphatic carbocycles. The van der Waals surface area contributed by atoms with Crippen LogP contribution in [0.4, 0.5) is 4.39 Å². The fourth-order valence-electron chi connectivity index (χ4n) is 2.93. The summed E-state index contributed by atoms with van der Waals surface area (Å²) in [7, 11) is 0.